The highest BCUT2D eigenvalue weighted by molar-refractivity contribution is 6.10. The molecule has 0 amide bonds. The number of benzene rings is 3. The number of hydrogen-bond acceptors (Lipinski definition) is 1. The van der Waals surface area contributed by atoms with Crippen molar-refractivity contribution in [2.75, 3.05) is 0 Å². The lowest BCUT2D eigenvalue weighted by Crippen LogP contribution is -2.00. The SMILES string of the molecule is O=C(c1ccccc1)c1ccc2ccc(F)cc2c1. The Morgan fingerprint density at radius 2 is 1.47 bits per heavy atom. The molecule has 0 bridgehead atoms. The van der Waals surface area contributed by atoms with E-state index in [9.17, 15) is 9.18 Å². The highest BCUT2D eigenvalue weighted by Crippen LogP contribution is 2.19. The summed E-state index contributed by atoms with van der Waals surface area (Å²) in [5, 5.41) is 1.66. The summed E-state index contributed by atoms with van der Waals surface area (Å²) in [5.41, 5.74) is 1.21. The zero-order valence-electron chi connectivity index (χ0n) is 10.1. The van der Waals surface area contributed by atoms with Crippen LogP contribution in [0.1, 0.15) is 15.9 Å². The largest absolute Gasteiger partial charge is 0.289 e. The van der Waals surface area contributed by atoms with Crippen LogP contribution in [0, 0.1) is 5.82 Å². The molecule has 92 valence electrons. The third kappa shape index (κ3) is 2.25. The maximum atomic E-state index is 13.2. The summed E-state index contributed by atoms with van der Waals surface area (Å²) in [6.07, 6.45) is 0. The van der Waals surface area contributed by atoms with Crippen molar-refractivity contribution >= 4 is 16.6 Å². The molecule has 0 aliphatic rings. The second kappa shape index (κ2) is 4.65. The zero-order chi connectivity index (χ0) is 13.2. The average molecular weight is 250 g/mol. The van der Waals surface area contributed by atoms with E-state index in [4.69, 9.17) is 0 Å². The van der Waals surface area contributed by atoms with E-state index in [0.717, 1.165) is 10.8 Å². The Bertz CT molecular complexity index is 748. The van der Waals surface area contributed by atoms with Crippen molar-refractivity contribution in [3.8, 4) is 0 Å². The molecular weight excluding hydrogens is 239 g/mol. The van der Waals surface area contributed by atoms with E-state index < -0.39 is 0 Å². The van der Waals surface area contributed by atoms with Crippen LogP contribution in [0.3, 0.4) is 0 Å². The van der Waals surface area contributed by atoms with E-state index in [2.05, 4.69) is 0 Å². The van der Waals surface area contributed by atoms with Crippen molar-refractivity contribution in [3.05, 3.63) is 83.7 Å². The van der Waals surface area contributed by atoms with Crippen LogP contribution in [0.4, 0.5) is 4.39 Å². The molecule has 3 rings (SSSR count). The number of rotatable bonds is 2. The summed E-state index contributed by atoms with van der Waals surface area (Å²) in [6.45, 7) is 0. The molecule has 0 spiro atoms. The Kier molecular flexibility index (Phi) is 2.84. The number of fused-ring (bicyclic) bond motifs is 1. The van der Waals surface area contributed by atoms with Crippen LogP contribution in [0.5, 0.6) is 0 Å². The van der Waals surface area contributed by atoms with E-state index in [1.165, 1.54) is 12.1 Å². The van der Waals surface area contributed by atoms with Gasteiger partial charge in [0.05, 0.1) is 0 Å². The van der Waals surface area contributed by atoms with Gasteiger partial charge in [0, 0.05) is 11.1 Å². The van der Waals surface area contributed by atoms with Gasteiger partial charge in [-0.15, -0.1) is 0 Å². The molecule has 1 nitrogen and oxygen atoms in total. The van der Waals surface area contributed by atoms with Gasteiger partial charge < -0.3 is 0 Å². The Morgan fingerprint density at radius 3 is 2.26 bits per heavy atom. The lowest BCUT2D eigenvalue weighted by molar-refractivity contribution is 0.103. The predicted octanol–water partition coefficient (Wildman–Crippen LogP) is 4.21. The Morgan fingerprint density at radius 1 is 0.737 bits per heavy atom. The quantitative estimate of drug-likeness (QED) is 0.623. The van der Waals surface area contributed by atoms with Crippen LogP contribution in [-0.2, 0) is 0 Å². The highest BCUT2D eigenvalue weighted by atomic mass is 19.1. The first-order chi connectivity index (χ1) is 9.24. The van der Waals surface area contributed by atoms with Crippen molar-refractivity contribution in [2.45, 2.75) is 0 Å². The van der Waals surface area contributed by atoms with Crippen LogP contribution in [0.15, 0.2) is 66.7 Å². The van der Waals surface area contributed by atoms with Gasteiger partial charge in [0.15, 0.2) is 5.78 Å². The topological polar surface area (TPSA) is 17.1 Å². The molecule has 0 heterocycles. The van der Waals surface area contributed by atoms with E-state index in [-0.39, 0.29) is 11.6 Å². The Hall–Kier alpha value is -2.48. The lowest BCUT2D eigenvalue weighted by Gasteiger charge is -2.03. The van der Waals surface area contributed by atoms with E-state index in [1.807, 2.05) is 24.3 Å². The van der Waals surface area contributed by atoms with E-state index >= 15 is 0 Å². The number of ketones is 1. The molecule has 3 aromatic rings. The maximum absolute atomic E-state index is 13.2. The molecule has 0 saturated carbocycles. The van der Waals surface area contributed by atoms with Gasteiger partial charge >= 0.3 is 0 Å². The van der Waals surface area contributed by atoms with E-state index in [0.29, 0.717) is 11.1 Å². The molecule has 19 heavy (non-hydrogen) atoms. The number of carbonyl (C=O) groups is 1. The first-order valence-electron chi connectivity index (χ1n) is 6.03. The molecule has 0 aliphatic carbocycles. The van der Waals surface area contributed by atoms with Crippen molar-refractivity contribution in [1.82, 2.24) is 0 Å². The lowest BCUT2D eigenvalue weighted by atomic mass is 10.00. The fourth-order valence-electron chi connectivity index (χ4n) is 2.12. The molecule has 0 unspecified atom stereocenters. The fourth-order valence-corrected chi connectivity index (χ4v) is 2.12. The van der Waals surface area contributed by atoms with Crippen molar-refractivity contribution in [1.29, 1.82) is 0 Å². The van der Waals surface area contributed by atoms with Gasteiger partial charge in [0.25, 0.3) is 0 Å². The minimum Gasteiger partial charge on any atom is -0.289 e. The second-order valence-corrected chi connectivity index (χ2v) is 4.40. The highest BCUT2D eigenvalue weighted by Gasteiger charge is 2.09. The van der Waals surface area contributed by atoms with Gasteiger partial charge in [-0.25, -0.2) is 4.39 Å². The third-order valence-corrected chi connectivity index (χ3v) is 3.10. The first kappa shape index (κ1) is 11.6. The first-order valence-corrected chi connectivity index (χ1v) is 6.03. The summed E-state index contributed by atoms with van der Waals surface area (Å²) in [5.74, 6) is -0.344. The molecule has 0 fully saturated rings. The van der Waals surface area contributed by atoms with Crippen LogP contribution in [0.25, 0.3) is 10.8 Å². The second-order valence-electron chi connectivity index (χ2n) is 4.40. The number of halogens is 1. The molecule has 0 aliphatic heterocycles. The summed E-state index contributed by atoms with van der Waals surface area (Å²) < 4.78 is 13.2. The molecule has 0 radical (unpaired) electrons. The summed E-state index contributed by atoms with van der Waals surface area (Å²) in [7, 11) is 0. The molecular formula is C17H11FO. The van der Waals surface area contributed by atoms with Crippen molar-refractivity contribution in [2.24, 2.45) is 0 Å². The Labute approximate surface area is 110 Å². The van der Waals surface area contributed by atoms with Gasteiger partial charge in [-0.1, -0.05) is 48.5 Å². The minimum atomic E-state index is -0.295. The summed E-state index contributed by atoms with van der Waals surface area (Å²) in [6, 6.07) is 19.0. The van der Waals surface area contributed by atoms with Gasteiger partial charge in [-0.05, 0) is 29.0 Å². The van der Waals surface area contributed by atoms with Gasteiger partial charge in [0.1, 0.15) is 5.82 Å². The molecule has 2 heteroatoms. The van der Waals surface area contributed by atoms with Crippen LogP contribution in [-0.4, -0.2) is 5.78 Å². The van der Waals surface area contributed by atoms with Crippen LogP contribution < -0.4 is 0 Å². The minimum absolute atomic E-state index is 0.0493. The average Bonchev–Trinajstić information content (AvgIpc) is 2.46. The number of carbonyl (C=O) groups excluding carboxylic acids is 1. The van der Waals surface area contributed by atoms with Crippen molar-refractivity contribution < 1.29 is 9.18 Å². The maximum Gasteiger partial charge on any atom is 0.193 e. The Balaban J connectivity index is 2.08. The summed E-state index contributed by atoms with van der Waals surface area (Å²) >= 11 is 0. The molecule has 0 aromatic heterocycles. The molecule has 0 N–H and O–H groups in total. The fraction of sp³-hybridized carbons (Fsp3) is 0. The monoisotopic (exact) mass is 250 g/mol. The van der Waals surface area contributed by atoms with Gasteiger partial charge in [0.2, 0.25) is 0 Å². The third-order valence-electron chi connectivity index (χ3n) is 3.10. The number of hydrogen-bond donors (Lipinski definition) is 0. The molecule has 0 atom stereocenters. The molecule has 3 aromatic carbocycles. The van der Waals surface area contributed by atoms with Crippen LogP contribution >= 0.6 is 0 Å². The molecule has 0 saturated heterocycles. The van der Waals surface area contributed by atoms with Crippen molar-refractivity contribution in [3.63, 3.8) is 0 Å². The smallest absolute Gasteiger partial charge is 0.193 e. The summed E-state index contributed by atoms with van der Waals surface area (Å²) in [4.78, 5) is 12.3. The van der Waals surface area contributed by atoms with Gasteiger partial charge in [-0.2, -0.15) is 0 Å². The predicted molar refractivity (Wildman–Crippen MR) is 73.8 cm³/mol. The standard InChI is InChI=1S/C17H11FO/c18-16-9-8-12-6-7-14(10-15(12)11-16)17(19)13-4-2-1-3-5-13/h1-11H. The zero-order valence-corrected chi connectivity index (χ0v) is 10.1. The normalized spacial score (nSPS) is 10.6. The van der Waals surface area contributed by atoms with E-state index in [1.54, 1.807) is 30.3 Å². The van der Waals surface area contributed by atoms with Crippen LogP contribution in [0.2, 0.25) is 0 Å². The van der Waals surface area contributed by atoms with Gasteiger partial charge in [-0.3, -0.25) is 4.79 Å².